The van der Waals surface area contributed by atoms with Gasteiger partial charge >= 0.3 is 9.28 Å². The maximum Gasteiger partial charge on any atom is 0.325 e. The van der Waals surface area contributed by atoms with Gasteiger partial charge in [0.2, 0.25) is 0 Å². The van der Waals surface area contributed by atoms with Crippen LogP contribution in [0.3, 0.4) is 0 Å². The Balaban J connectivity index is 2.67. The lowest BCUT2D eigenvalue weighted by Crippen LogP contribution is -2.23. The Kier molecular flexibility index (Phi) is 4.15. The molecule has 1 rings (SSSR count). The Morgan fingerprint density at radius 3 is 2.31 bits per heavy atom. The molecule has 13 heavy (non-hydrogen) atoms. The first-order valence-corrected chi connectivity index (χ1v) is 6.14. The Hall–Kier alpha value is -0.643. The largest absolute Gasteiger partial charge is 0.400 e. The smallest absolute Gasteiger partial charge is 0.325 e. The lowest BCUT2D eigenvalue weighted by atomic mass is 10.1. The van der Waals surface area contributed by atoms with Crippen LogP contribution in [0.25, 0.3) is 0 Å². The molecule has 1 aromatic rings. The molecule has 0 fully saturated rings. The number of benzene rings is 1. The average Bonchev–Trinajstić information content (AvgIpc) is 2.17. The second-order valence-corrected chi connectivity index (χ2v) is 5.24. The minimum atomic E-state index is -1.45. The van der Waals surface area contributed by atoms with Gasteiger partial charge in [-0.25, -0.2) is 0 Å². The lowest BCUT2D eigenvalue weighted by molar-refractivity contribution is 0.277. The molecule has 0 aliphatic carbocycles. The Morgan fingerprint density at radius 1 is 1.15 bits per heavy atom. The molecule has 0 aromatic heterocycles. The van der Waals surface area contributed by atoms with E-state index in [1.807, 2.05) is 0 Å². The highest BCUT2D eigenvalue weighted by atomic mass is 28.3. The van der Waals surface area contributed by atoms with Crippen molar-refractivity contribution in [2.24, 2.45) is 0 Å². The maximum absolute atomic E-state index is 5.28. The van der Waals surface area contributed by atoms with Gasteiger partial charge in [0.25, 0.3) is 0 Å². The van der Waals surface area contributed by atoms with E-state index >= 15 is 0 Å². The standard InChI is InChI=1S/C10H16O2Si/c1-9-6-4-5-7-10(9)8-13(11-2)12-3/h4-7,13H,8H2,1-3H3. The first-order chi connectivity index (χ1) is 6.27. The van der Waals surface area contributed by atoms with Crippen molar-refractivity contribution in [1.29, 1.82) is 0 Å². The molecule has 0 aliphatic heterocycles. The Morgan fingerprint density at radius 2 is 1.77 bits per heavy atom. The van der Waals surface area contributed by atoms with Crippen molar-refractivity contribution in [3.63, 3.8) is 0 Å². The summed E-state index contributed by atoms with van der Waals surface area (Å²) < 4.78 is 10.6. The predicted octanol–water partition coefficient (Wildman–Crippen LogP) is 1.59. The van der Waals surface area contributed by atoms with E-state index in [1.165, 1.54) is 11.1 Å². The normalized spacial score (nSPS) is 10.8. The van der Waals surface area contributed by atoms with E-state index in [4.69, 9.17) is 8.85 Å². The van der Waals surface area contributed by atoms with Crippen LogP contribution in [0, 0.1) is 6.92 Å². The molecule has 72 valence electrons. The van der Waals surface area contributed by atoms with Gasteiger partial charge in [0, 0.05) is 20.3 Å². The van der Waals surface area contributed by atoms with Gasteiger partial charge < -0.3 is 8.85 Å². The minimum absolute atomic E-state index is 0.944. The van der Waals surface area contributed by atoms with E-state index in [1.54, 1.807) is 14.2 Å². The molecule has 0 N–H and O–H groups in total. The van der Waals surface area contributed by atoms with Gasteiger partial charge in [-0.3, -0.25) is 0 Å². The van der Waals surface area contributed by atoms with Gasteiger partial charge in [-0.15, -0.1) is 0 Å². The summed E-state index contributed by atoms with van der Waals surface area (Å²) in [7, 11) is 1.99. The van der Waals surface area contributed by atoms with Crippen LogP contribution in [0.4, 0.5) is 0 Å². The van der Waals surface area contributed by atoms with Crippen molar-refractivity contribution in [2.45, 2.75) is 13.0 Å². The minimum Gasteiger partial charge on any atom is -0.400 e. The molecule has 0 amide bonds. The van der Waals surface area contributed by atoms with Crippen LogP contribution < -0.4 is 0 Å². The second kappa shape index (κ2) is 5.17. The van der Waals surface area contributed by atoms with Gasteiger partial charge in [-0.2, -0.15) is 0 Å². The van der Waals surface area contributed by atoms with Crippen molar-refractivity contribution in [3.05, 3.63) is 35.4 Å². The van der Waals surface area contributed by atoms with Crippen LogP contribution in [0.15, 0.2) is 24.3 Å². The maximum atomic E-state index is 5.28. The monoisotopic (exact) mass is 196 g/mol. The molecular formula is C10H16O2Si. The number of hydrogen-bond donors (Lipinski definition) is 0. The van der Waals surface area contributed by atoms with E-state index < -0.39 is 9.28 Å². The second-order valence-electron chi connectivity index (χ2n) is 3.03. The molecule has 0 saturated carbocycles. The number of aryl methyl sites for hydroxylation is 1. The van der Waals surface area contributed by atoms with Crippen LogP contribution in [0.2, 0.25) is 0 Å². The number of rotatable bonds is 4. The van der Waals surface area contributed by atoms with Crippen LogP contribution in [-0.4, -0.2) is 23.5 Å². The van der Waals surface area contributed by atoms with Crippen LogP contribution in [-0.2, 0) is 14.9 Å². The zero-order valence-corrected chi connectivity index (χ0v) is 9.57. The summed E-state index contributed by atoms with van der Waals surface area (Å²) >= 11 is 0. The predicted molar refractivity (Wildman–Crippen MR) is 56.1 cm³/mol. The SMILES string of the molecule is CO[SiH](Cc1ccccc1C)OC. The van der Waals surface area contributed by atoms with E-state index in [0.29, 0.717) is 0 Å². The summed E-state index contributed by atoms with van der Waals surface area (Å²) in [6.45, 7) is 2.12. The van der Waals surface area contributed by atoms with Crippen molar-refractivity contribution in [2.75, 3.05) is 14.2 Å². The fourth-order valence-electron chi connectivity index (χ4n) is 1.28. The molecule has 3 heteroatoms. The van der Waals surface area contributed by atoms with Gasteiger partial charge in [-0.05, 0) is 18.1 Å². The zero-order valence-electron chi connectivity index (χ0n) is 8.41. The topological polar surface area (TPSA) is 18.5 Å². The third kappa shape index (κ3) is 2.95. The molecule has 0 saturated heterocycles. The van der Waals surface area contributed by atoms with Gasteiger partial charge in [0.05, 0.1) is 0 Å². The number of hydrogen-bond acceptors (Lipinski definition) is 2. The summed E-state index contributed by atoms with van der Waals surface area (Å²) in [5.41, 5.74) is 2.65. The Labute approximate surface area is 81.3 Å². The van der Waals surface area contributed by atoms with E-state index in [2.05, 4.69) is 31.2 Å². The molecule has 2 nitrogen and oxygen atoms in total. The van der Waals surface area contributed by atoms with Gasteiger partial charge in [0.15, 0.2) is 0 Å². The quantitative estimate of drug-likeness (QED) is 0.681. The highest BCUT2D eigenvalue weighted by Crippen LogP contribution is 2.09. The third-order valence-electron chi connectivity index (χ3n) is 2.17. The molecule has 0 atom stereocenters. The summed E-state index contributed by atoms with van der Waals surface area (Å²) in [5, 5.41) is 0. The van der Waals surface area contributed by atoms with Crippen LogP contribution >= 0.6 is 0 Å². The van der Waals surface area contributed by atoms with Crippen molar-refractivity contribution in [3.8, 4) is 0 Å². The van der Waals surface area contributed by atoms with E-state index in [9.17, 15) is 0 Å². The molecular weight excluding hydrogens is 180 g/mol. The molecule has 0 heterocycles. The molecule has 1 aromatic carbocycles. The van der Waals surface area contributed by atoms with Crippen molar-refractivity contribution < 1.29 is 8.85 Å². The molecule has 0 unspecified atom stereocenters. The highest BCUT2D eigenvalue weighted by Gasteiger charge is 2.11. The first-order valence-electron chi connectivity index (χ1n) is 4.38. The molecule has 0 aliphatic rings. The van der Waals surface area contributed by atoms with Crippen LogP contribution in [0.1, 0.15) is 11.1 Å². The zero-order chi connectivity index (χ0) is 9.68. The molecule has 0 radical (unpaired) electrons. The van der Waals surface area contributed by atoms with E-state index in [0.717, 1.165) is 6.04 Å². The van der Waals surface area contributed by atoms with E-state index in [-0.39, 0.29) is 0 Å². The average molecular weight is 196 g/mol. The summed E-state index contributed by atoms with van der Waals surface area (Å²) in [6.07, 6.45) is 0. The fourth-order valence-corrected chi connectivity index (χ4v) is 2.62. The molecule has 0 spiro atoms. The van der Waals surface area contributed by atoms with Gasteiger partial charge in [0.1, 0.15) is 0 Å². The van der Waals surface area contributed by atoms with Crippen LogP contribution in [0.5, 0.6) is 0 Å². The first kappa shape index (κ1) is 10.4. The Bertz CT molecular complexity index is 259. The molecule has 0 bridgehead atoms. The van der Waals surface area contributed by atoms with Gasteiger partial charge in [-0.1, -0.05) is 24.3 Å². The summed E-state index contributed by atoms with van der Waals surface area (Å²) in [5.74, 6) is 0. The fraction of sp³-hybridized carbons (Fsp3) is 0.400. The lowest BCUT2D eigenvalue weighted by Gasteiger charge is -2.12. The summed E-state index contributed by atoms with van der Waals surface area (Å²) in [6, 6.07) is 9.30. The van der Waals surface area contributed by atoms with Crippen molar-refractivity contribution in [1.82, 2.24) is 0 Å². The summed E-state index contributed by atoms with van der Waals surface area (Å²) in [4.78, 5) is 0. The highest BCUT2D eigenvalue weighted by molar-refractivity contribution is 6.43. The third-order valence-corrected chi connectivity index (χ3v) is 4.00. The van der Waals surface area contributed by atoms with Crippen molar-refractivity contribution >= 4 is 9.28 Å².